The van der Waals surface area contributed by atoms with Crippen molar-refractivity contribution >= 4 is 0 Å². The van der Waals surface area contributed by atoms with Crippen molar-refractivity contribution in [1.82, 2.24) is 10.2 Å². The molecule has 0 amide bonds. The van der Waals surface area contributed by atoms with Gasteiger partial charge in [-0.2, -0.15) is 8.78 Å². The SMILES string of the molecule is FC(F)(CN1CCCNCC1)c1ccccc1. The Morgan fingerprint density at radius 3 is 2.65 bits per heavy atom. The van der Waals surface area contributed by atoms with Crippen molar-refractivity contribution in [2.75, 3.05) is 32.7 Å². The molecule has 0 aliphatic carbocycles. The molecule has 0 aromatic heterocycles. The van der Waals surface area contributed by atoms with Crippen LogP contribution in [0.15, 0.2) is 30.3 Å². The molecule has 4 heteroatoms. The monoisotopic (exact) mass is 240 g/mol. The van der Waals surface area contributed by atoms with E-state index in [0.29, 0.717) is 6.54 Å². The molecule has 0 unspecified atom stereocenters. The third-order valence-corrected chi connectivity index (χ3v) is 3.05. The number of hydrogen-bond acceptors (Lipinski definition) is 2. The largest absolute Gasteiger partial charge is 0.315 e. The van der Waals surface area contributed by atoms with Gasteiger partial charge in [0.05, 0.1) is 6.54 Å². The maximum Gasteiger partial charge on any atom is 0.285 e. The van der Waals surface area contributed by atoms with Crippen LogP contribution in [0, 0.1) is 0 Å². The molecule has 1 N–H and O–H groups in total. The van der Waals surface area contributed by atoms with Gasteiger partial charge in [0.25, 0.3) is 5.92 Å². The Balaban J connectivity index is 2.01. The van der Waals surface area contributed by atoms with Crippen LogP contribution in [0.5, 0.6) is 0 Å². The van der Waals surface area contributed by atoms with E-state index < -0.39 is 5.92 Å². The third-order valence-electron chi connectivity index (χ3n) is 3.05. The van der Waals surface area contributed by atoms with E-state index in [2.05, 4.69) is 5.32 Å². The lowest BCUT2D eigenvalue weighted by molar-refractivity contribution is -0.0365. The lowest BCUT2D eigenvalue weighted by Gasteiger charge is -2.26. The number of rotatable bonds is 3. The van der Waals surface area contributed by atoms with E-state index >= 15 is 0 Å². The van der Waals surface area contributed by atoms with Crippen molar-refractivity contribution in [3.63, 3.8) is 0 Å². The second-order valence-corrected chi connectivity index (χ2v) is 4.45. The Hall–Kier alpha value is -1.00. The van der Waals surface area contributed by atoms with Crippen LogP contribution in [-0.4, -0.2) is 37.6 Å². The van der Waals surface area contributed by atoms with E-state index in [-0.39, 0.29) is 12.1 Å². The van der Waals surface area contributed by atoms with Crippen LogP contribution in [0.3, 0.4) is 0 Å². The smallest absolute Gasteiger partial charge is 0.285 e. The summed E-state index contributed by atoms with van der Waals surface area (Å²) in [5.74, 6) is -2.76. The van der Waals surface area contributed by atoms with Crippen molar-refractivity contribution in [1.29, 1.82) is 0 Å². The summed E-state index contributed by atoms with van der Waals surface area (Å²) in [5.41, 5.74) is 0.109. The first-order valence-corrected chi connectivity index (χ1v) is 6.05. The molecule has 2 nitrogen and oxygen atoms in total. The molecule has 1 heterocycles. The first kappa shape index (κ1) is 12.5. The van der Waals surface area contributed by atoms with Crippen LogP contribution >= 0.6 is 0 Å². The zero-order chi connectivity index (χ0) is 12.1. The van der Waals surface area contributed by atoms with Crippen molar-refractivity contribution in [2.45, 2.75) is 12.3 Å². The minimum atomic E-state index is -2.76. The summed E-state index contributed by atoms with van der Waals surface area (Å²) in [6, 6.07) is 8.07. The molecule has 1 aromatic carbocycles. The van der Waals surface area contributed by atoms with Crippen molar-refractivity contribution in [3.05, 3.63) is 35.9 Å². The van der Waals surface area contributed by atoms with Gasteiger partial charge in [-0.1, -0.05) is 30.3 Å². The number of alkyl halides is 2. The average molecular weight is 240 g/mol. The molecular formula is C13H18F2N2. The molecule has 2 rings (SSSR count). The molecule has 1 aliphatic rings. The normalized spacial score (nSPS) is 18.9. The molecule has 1 aromatic rings. The topological polar surface area (TPSA) is 15.3 Å². The Bertz CT molecular complexity index is 333. The van der Waals surface area contributed by atoms with Crippen LogP contribution in [0.25, 0.3) is 0 Å². The van der Waals surface area contributed by atoms with Gasteiger partial charge >= 0.3 is 0 Å². The first-order chi connectivity index (χ1) is 8.18. The predicted molar refractivity (Wildman–Crippen MR) is 64.3 cm³/mol. The van der Waals surface area contributed by atoms with Gasteiger partial charge in [0.15, 0.2) is 0 Å². The zero-order valence-electron chi connectivity index (χ0n) is 9.83. The molecule has 1 aliphatic heterocycles. The highest BCUT2D eigenvalue weighted by atomic mass is 19.3. The molecule has 0 saturated carbocycles. The van der Waals surface area contributed by atoms with Crippen LogP contribution in [0.1, 0.15) is 12.0 Å². The van der Waals surface area contributed by atoms with Gasteiger partial charge in [0, 0.05) is 18.7 Å². The standard InChI is InChI=1S/C13H18F2N2/c14-13(15,12-5-2-1-3-6-12)11-17-9-4-7-16-8-10-17/h1-3,5-6,16H,4,7-11H2. The van der Waals surface area contributed by atoms with E-state index in [9.17, 15) is 8.78 Å². The number of halogens is 2. The van der Waals surface area contributed by atoms with Crippen LogP contribution in [-0.2, 0) is 5.92 Å². The second-order valence-electron chi connectivity index (χ2n) is 4.45. The maximum absolute atomic E-state index is 14.0. The second kappa shape index (κ2) is 5.56. The molecule has 0 atom stereocenters. The molecule has 17 heavy (non-hydrogen) atoms. The highest BCUT2D eigenvalue weighted by Crippen LogP contribution is 2.28. The molecule has 1 fully saturated rings. The van der Waals surface area contributed by atoms with E-state index in [1.54, 1.807) is 18.2 Å². The Morgan fingerprint density at radius 1 is 1.12 bits per heavy atom. The number of nitrogens with one attached hydrogen (secondary N) is 1. The minimum absolute atomic E-state index is 0.109. The summed E-state index contributed by atoms with van der Waals surface area (Å²) < 4.78 is 28.0. The quantitative estimate of drug-likeness (QED) is 0.870. The predicted octanol–water partition coefficient (Wildman–Crippen LogP) is 2.07. The zero-order valence-corrected chi connectivity index (χ0v) is 9.83. The lowest BCUT2D eigenvalue weighted by atomic mass is 10.1. The van der Waals surface area contributed by atoms with Crippen LogP contribution in [0.2, 0.25) is 0 Å². The minimum Gasteiger partial charge on any atom is -0.315 e. The van der Waals surface area contributed by atoms with Gasteiger partial charge in [0.1, 0.15) is 0 Å². The number of nitrogens with zero attached hydrogens (tertiary/aromatic N) is 1. The number of hydrogen-bond donors (Lipinski definition) is 1. The lowest BCUT2D eigenvalue weighted by Crippen LogP contribution is -2.37. The summed E-state index contributed by atoms with van der Waals surface area (Å²) in [4.78, 5) is 1.84. The molecular weight excluding hydrogens is 222 g/mol. The fourth-order valence-electron chi connectivity index (χ4n) is 2.11. The highest BCUT2D eigenvalue weighted by Gasteiger charge is 2.33. The summed E-state index contributed by atoms with van der Waals surface area (Å²) in [5, 5.41) is 3.22. The first-order valence-electron chi connectivity index (χ1n) is 6.05. The maximum atomic E-state index is 14.0. The van der Waals surface area contributed by atoms with E-state index in [0.717, 1.165) is 26.1 Å². The Morgan fingerprint density at radius 2 is 1.88 bits per heavy atom. The fourth-order valence-corrected chi connectivity index (χ4v) is 2.11. The summed E-state index contributed by atoms with van der Waals surface area (Å²) in [6.07, 6.45) is 0.935. The van der Waals surface area contributed by atoms with E-state index in [1.165, 1.54) is 12.1 Å². The summed E-state index contributed by atoms with van der Waals surface area (Å²) >= 11 is 0. The molecule has 0 spiro atoms. The summed E-state index contributed by atoms with van der Waals surface area (Å²) in [7, 11) is 0. The molecule has 94 valence electrons. The molecule has 1 saturated heterocycles. The number of benzene rings is 1. The molecule has 0 radical (unpaired) electrons. The third kappa shape index (κ3) is 3.48. The van der Waals surface area contributed by atoms with Gasteiger partial charge in [-0.15, -0.1) is 0 Å². The van der Waals surface area contributed by atoms with Gasteiger partial charge in [-0.25, -0.2) is 0 Å². The van der Waals surface area contributed by atoms with Gasteiger partial charge in [0.2, 0.25) is 0 Å². The average Bonchev–Trinajstić information content (AvgIpc) is 2.58. The van der Waals surface area contributed by atoms with E-state index in [4.69, 9.17) is 0 Å². The molecule has 0 bridgehead atoms. The van der Waals surface area contributed by atoms with Crippen molar-refractivity contribution in [3.8, 4) is 0 Å². The van der Waals surface area contributed by atoms with Crippen molar-refractivity contribution < 1.29 is 8.78 Å². The highest BCUT2D eigenvalue weighted by molar-refractivity contribution is 5.20. The Kier molecular flexibility index (Phi) is 4.07. The van der Waals surface area contributed by atoms with Gasteiger partial charge in [-0.3, -0.25) is 4.90 Å². The van der Waals surface area contributed by atoms with Crippen molar-refractivity contribution in [2.24, 2.45) is 0 Å². The Labute approximate surface area is 101 Å². The van der Waals surface area contributed by atoms with E-state index in [1.807, 2.05) is 4.90 Å². The van der Waals surface area contributed by atoms with Gasteiger partial charge in [-0.05, 0) is 19.5 Å². The van der Waals surface area contributed by atoms with Crippen LogP contribution in [0.4, 0.5) is 8.78 Å². The summed E-state index contributed by atoms with van der Waals surface area (Å²) in [6.45, 7) is 2.98. The van der Waals surface area contributed by atoms with Gasteiger partial charge < -0.3 is 5.32 Å². The fraction of sp³-hybridized carbons (Fsp3) is 0.538. The van der Waals surface area contributed by atoms with Crippen LogP contribution < -0.4 is 5.32 Å².